The first-order chi connectivity index (χ1) is 48.5. The van der Waals surface area contributed by atoms with Gasteiger partial charge in [0.2, 0.25) is 0 Å². The van der Waals surface area contributed by atoms with Gasteiger partial charge in [0.05, 0.1) is 22.7 Å². The lowest BCUT2D eigenvalue weighted by molar-refractivity contribution is 1.26. The molecule has 18 aromatic carbocycles. The molecule has 0 aliphatic rings. The van der Waals surface area contributed by atoms with E-state index in [1.165, 1.54) is 109 Å². The van der Waals surface area contributed by atoms with E-state index in [-0.39, 0.29) is 0 Å². The average molecular weight is 1250 g/mol. The predicted octanol–water partition coefficient (Wildman–Crippen LogP) is 27.1. The summed E-state index contributed by atoms with van der Waals surface area (Å²) in [7, 11) is 0. The highest BCUT2D eigenvalue weighted by molar-refractivity contribution is 6.25. The van der Waals surface area contributed by atoms with Crippen LogP contribution in [0.5, 0.6) is 0 Å². The Kier molecular flexibility index (Phi) is 15.4. The minimum Gasteiger partial charge on any atom is -0.309 e. The average Bonchev–Trinajstić information content (AvgIpc) is 0.729. The second-order valence-corrected chi connectivity index (χ2v) is 25.3. The molecule has 0 saturated carbocycles. The van der Waals surface area contributed by atoms with Gasteiger partial charge in [-0.05, 0) is 153 Å². The molecule has 0 aliphatic heterocycles. The van der Waals surface area contributed by atoms with Gasteiger partial charge in [-0.25, -0.2) is 0 Å². The fraction of sp³-hybridized carbons (Fsp3) is 0.0213. The van der Waals surface area contributed by atoms with Crippen molar-refractivity contribution < 1.29 is 0 Å². The van der Waals surface area contributed by atoms with Crippen molar-refractivity contribution in [3.63, 3.8) is 0 Å². The lowest BCUT2D eigenvalue weighted by Crippen LogP contribution is -2.15. The Morgan fingerprint density at radius 2 is 0.357 bits per heavy atom. The molecule has 4 heteroatoms. The van der Waals surface area contributed by atoms with E-state index in [9.17, 15) is 0 Å². The van der Waals surface area contributed by atoms with E-state index in [0.29, 0.717) is 0 Å². The number of hydrogen-bond acceptors (Lipinski definition) is 4. The molecule has 0 unspecified atom stereocenters. The minimum absolute atomic E-state index is 1.12. The fourth-order valence-electron chi connectivity index (χ4n) is 14.8. The second kappa shape index (κ2) is 25.5. The Morgan fingerprint density at radius 3 is 0.622 bits per heavy atom. The molecule has 98 heavy (non-hydrogen) atoms. The van der Waals surface area contributed by atoms with Crippen molar-refractivity contribution in [3.05, 3.63) is 387 Å². The van der Waals surface area contributed by atoms with Gasteiger partial charge in [-0.1, -0.05) is 291 Å². The Balaban J connectivity index is 0.000000147. The van der Waals surface area contributed by atoms with Crippen LogP contribution in [0.3, 0.4) is 0 Å². The maximum atomic E-state index is 2.48. The number of nitrogens with zero attached hydrogens (tertiary/aromatic N) is 4. The van der Waals surface area contributed by atoms with E-state index in [1.54, 1.807) is 0 Å². The van der Waals surface area contributed by atoms with Gasteiger partial charge in [0, 0.05) is 88.6 Å². The van der Waals surface area contributed by atoms with Gasteiger partial charge in [-0.2, -0.15) is 0 Å². The van der Waals surface area contributed by atoms with Gasteiger partial charge in [-0.15, -0.1) is 0 Å². The van der Waals surface area contributed by atoms with Crippen molar-refractivity contribution in [1.29, 1.82) is 0 Å². The summed E-state index contributed by atoms with van der Waals surface area (Å²) in [6, 6.07) is 136. The summed E-state index contributed by atoms with van der Waals surface area (Å²) in [6.07, 6.45) is 0. The van der Waals surface area contributed by atoms with E-state index >= 15 is 0 Å². The molecule has 0 bridgehead atoms. The van der Waals surface area contributed by atoms with E-state index < -0.39 is 0 Å². The standard InChI is InChI=1S/C48H36N2.C46H32N2/c1-33-15-3-13-25-45(33)49(39-29-27-35-17-5-7-19-37(35)31-39)47-41-21-9-11-23-43(41)48(44-24-12-10-22-42(44)47)50(46-26-14-4-16-34(46)2)40-30-28-36-18-6-8-20-38(36)32-40;1-3-19-37(20-4-1)47(39-29-27-33-15-7-9-17-35(33)31-39)45-41-23-11-13-25-43(41)46(44-26-14-12-24-42(44)45)48(38-21-5-2-6-22-38)40-30-28-34-16-8-10-18-36(34)32-40/h3-32H,1-2H3;1-32H. The molecule has 18 aromatic rings. The van der Waals surface area contributed by atoms with E-state index in [1.807, 2.05) is 0 Å². The quantitative estimate of drug-likeness (QED) is 0.0893. The molecule has 18 rings (SSSR count). The van der Waals surface area contributed by atoms with Crippen LogP contribution >= 0.6 is 0 Å². The Hall–Kier alpha value is -12.8. The molecule has 0 aliphatic carbocycles. The molecule has 0 radical (unpaired) electrons. The van der Waals surface area contributed by atoms with Crippen molar-refractivity contribution in [2.24, 2.45) is 0 Å². The van der Waals surface area contributed by atoms with Crippen LogP contribution in [0, 0.1) is 13.8 Å². The van der Waals surface area contributed by atoms with Gasteiger partial charge in [0.1, 0.15) is 0 Å². The van der Waals surface area contributed by atoms with Crippen LogP contribution < -0.4 is 19.6 Å². The maximum absolute atomic E-state index is 2.48. The number of fused-ring (bicyclic) bond motifs is 8. The second-order valence-electron chi connectivity index (χ2n) is 25.3. The largest absolute Gasteiger partial charge is 0.309 e. The molecule has 0 fully saturated rings. The van der Waals surface area contributed by atoms with Gasteiger partial charge < -0.3 is 19.6 Å². The minimum atomic E-state index is 1.12. The molecule has 0 spiro atoms. The van der Waals surface area contributed by atoms with Crippen LogP contribution in [0.15, 0.2) is 376 Å². The Labute approximate surface area is 571 Å². The van der Waals surface area contributed by atoms with Crippen LogP contribution in [0.4, 0.5) is 68.2 Å². The first-order valence-electron chi connectivity index (χ1n) is 33.7. The van der Waals surface area contributed by atoms with Crippen molar-refractivity contribution in [2.45, 2.75) is 13.8 Å². The topological polar surface area (TPSA) is 13.0 Å². The van der Waals surface area contributed by atoms with Crippen molar-refractivity contribution >= 4 is 154 Å². The van der Waals surface area contributed by atoms with Crippen molar-refractivity contribution in [3.8, 4) is 0 Å². The first-order valence-corrected chi connectivity index (χ1v) is 33.7. The molecule has 0 amide bonds. The molecule has 0 aromatic heterocycles. The fourth-order valence-corrected chi connectivity index (χ4v) is 14.8. The lowest BCUT2D eigenvalue weighted by Gasteiger charge is -2.34. The van der Waals surface area contributed by atoms with E-state index in [2.05, 4.69) is 410 Å². The Morgan fingerprint density at radius 1 is 0.153 bits per heavy atom. The first kappa shape index (κ1) is 59.0. The zero-order valence-corrected chi connectivity index (χ0v) is 54.6. The van der Waals surface area contributed by atoms with Crippen molar-refractivity contribution in [2.75, 3.05) is 19.6 Å². The van der Waals surface area contributed by atoms with Crippen molar-refractivity contribution in [1.82, 2.24) is 0 Å². The molecular weight excluding hydrogens is 1190 g/mol. The summed E-state index contributed by atoms with van der Waals surface area (Å²) in [6.45, 7) is 4.42. The van der Waals surface area contributed by atoms with Gasteiger partial charge in [0.25, 0.3) is 0 Å². The summed E-state index contributed by atoms with van der Waals surface area (Å²) in [4.78, 5) is 9.82. The monoisotopic (exact) mass is 1250 g/mol. The molecule has 0 N–H and O–H groups in total. The number of benzene rings is 18. The predicted molar refractivity (Wildman–Crippen MR) is 421 cm³/mol. The highest BCUT2D eigenvalue weighted by atomic mass is 15.2. The zero-order chi connectivity index (χ0) is 65.5. The number of rotatable bonds is 12. The van der Waals surface area contributed by atoms with Gasteiger partial charge in [-0.3, -0.25) is 0 Å². The molecule has 0 saturated heterocycles. The van der Waals surface area contributed by atoms with Gasteiger partial charge in [0.15, 0.2) is 0 Å². The third-order valence-electron chi connectivity index (χ3n) is 19.4. The number of anilines is 12. The maximum Gasteiger partial charge on any atom is 0.0620 e. The summed E-state index contributed by atoms with van der Waals surface area (Å²) in [5, 5.41) is 19.3. The lowest BCUT2D eigenvalue weighted by atomic mass is 9.94. The summed E-state index contributed by atoms with van der Waals surface area (Å²) < 4.78 is 0. The highest BCUT2D eigenvalue weighted by Crippen LogP contribution is 2.54. The highest BCUT2D eigenvalue weighted by Gasteiger charge is 2.29. The summed E-state index contributed by atoms with van der Waals surface area (Å²) in [5.41, 5.74) is 16.2. The number of aryl methyl sites for hydroxylation is 2. The molecule has 4 nitrogen and oxygen atoms in total. The molecule has 464 valence electrons. The van der Waals surface area contributed by atoms with Crippen LogP contribution in [0.1, 0.15) is 11.1 Å². The SMILES string of the molecule is Cc1ccccc1N(c1ccc2ccccc2c1)c1c2ccccc2c(N(c2ccc3ccccc3c2)c2ccccc2C)c2ccccc12.c1ccc(N(c2ccc3ccccc3c2)c2c3ccccc3c(N(c3ccccc3)c3ccc4ccccc4c3)c3ccccc23)cc1. The van der Waals surface area contributed by atoms with E-state index in [0.717, 1.165) is 56.9 Å². The normalized spacial score (nSPS) is 11.4. The molecular formula is C94H68N4. The summed E-state index contributed by atoms with van der Waals surface area (Å²) >= 11 is 0. The zero-order valence-electron chi connectivity index (χ0n) is 54.6. The molecule has 0 atom stereocenters. The van der Waals surface area contributed by atoms with Gasteiger partial charge >= 0.3 is 0 Å². The van der Waals surface area contributed by atoms with Crippen LogP contribution in [-0.4, -0.2) is 0 Å². The number of para-hydroxylation sites is 4. The number of hydrogen-bond donors (Lipinski definition) is 0. The van der Waals surface area contributed by atoms with Crippen LogP contribution in [-0.2, 0) is 0 Å². The van der Waals surface area contributed by atoms with Crippen LogP contribution in [0.25, 0.3) is 86.2 Å². The summed E-state index contributed by atoms with van der Waals surface area (Å²) in [5.74, 6) is 0. The van der Waals surface area contributed by atoms with E-state index in [4.69, 9.17) is 0 Å². The third kappa shape index (κ3) is 10.7. The smallest absolute Gasteiger partial charge is 0.0620 e. The Bertz CT molecular complexity index is 5540. The van der Waals surface area contributed by atoms with Crippen LogP contribution in [0.2, 0.25) is 0 Å². The third-order valence-corrected chi connectivity index (χ3v) is 19.4. The molecule has 0 heterocycles.